The third kappa shape index (κ3) is 5.61. The zero-order valence-electron chi connectivity index (χ0n) is 14.7. The minimum atomic E-state index is -0.0249. The first-order valence-electron chi connectivity index (χ1n) is 8.67. The van der Waals surface area contributed by atoms with Gasteiger partial charge in [-0.1, -0.05) is 29.8 Å². The first-order chi connectivity index (χ1) is 11.1. The van der Waals surface area contributed by atoms with E-state index in [0.29, 0.717) is 19.2 Å². The Hall–Kier alpha value is -1.43. The number of likely N-dealkylation sites (N-methyl/N-ethyl adjacent to an activating group) is 1. The van der Waals surface area contributed by atoms with E-state index in [1.54, 1.807) is 9.80 Å². The molecule has 1 fully saturated rings. The van der Waals surface area contributed by atoms with Crippen LogP contribution in [0, 0.1) is 6.92 Å². The SMILES string of the molecule is CCOCC(=O)NC[C@@H](c1ccc(C)cc1)[NH+]1CC[NH+](C)CC1. The Bertz CT molecular complexity index is 482. The van der Waals surface area contributed by atoms with Gasteiger partial charge in [0.1, 0.15) is 38.8 Å². The number of carbonyl (C=O) groups is 1. The molecule has 0 saturated carbocycles. The number of carbonyl (C=O) groups excluding carboxylic acids is 1. The topological polar surface area (TPSA) is 47.2 Å². The molecular formula is C18H31N3O2+2. The molecule has 0 bridgehead atoms. The Balaban J connectivity index is 2.02. The molecule has 5 nitrogen and oxygen atoms in total. The van der Waals surface area contributed by atoms with Crippen LogP contribution in [0.5, 0.6) is 0 Å². The summed E-state index contributed by atoms with van der Waals surface area (Å²) < 4.78 is 5.19. The Kier molecular flexibility index (Phi) is 7.02. The predicted molar refractivity (Wildman–Crippen MR) is 90.7 cm³/mol. The van der Waals surface area contributed by atoms with Crippen molar-refractivity contribution in [2.24, 2.45) is 0 Å². The van der Waals surface area contributed by atoms with Crippen LogP contribution < -0.4 is 15.1 Å². The van der Waals surface area contributed by atoms with Gasteiger partial charge in [-0.25, -0.2) is 0 Å². The van der Waals surface area contributed by atoms with E-state index in [2.05, 4.69) is 43.6 Å². The van der Waals surface area contributed by atoms with Crippen molar-refractivity contribution in [1.29, 1.82) is 0 Å². The highest BCUT2D eigenvalue weighted by Gasteiger charge is 2.29. The van der Waals surface area contributed by atoms with Crippen molar-refractivity contribution in [3.63, 3.8) is 0 Å². The molecule has 1 saturated heterocycles. The van der Waals surface area contributed by atoms with Crippen LogP contribution >= 0.6 is 0 Å². The number of rotatable bonds is 7. The molecule has 1 amide bonds. The molecule has 1 aromatic carbocycles. The molecule has 0 spiro atoms. The van der Waals surface area contributed by atoms with Crippen LogP contribution in [0.25, 0.3) is 0 Å². The van der Waals surface area contributed by atoms with E-state index in [-0.39, 0.29) is 12.5 Å². The lowest BCUT2D eigenvalue weighted by molar-refractivity contribution is -1.02. The van der Waals surface area contributed by atoms with Gasteiger partial charge in [0.05, 0.1) is 13.6 Å². The van der Waals surface area contributed by atoms with Gasteiger partial charge in [0, 0.05) is 12.2 Å². The summed E-state index contributed by atoms with van der Waals surface area (Å²) in [5.74, 6) is -0.0249. The van der Waals surface area contributed by atoms with Crippen LogP contribution in [0.15, 0.2) is 24.3 Å². The Morgan fingerprint density at radius 1 is 1.22 bits per heavy atom. The van der Waals surface area contributed by atoms with Crippen LogP contribution in [0.3, 0.4) is 0 Å². The van der Waals surface area contributed by atoms with E-state index in [4.69, 9.17) is 4.74 Å². The van der Waals surface area contributed by atoms with Crippen molar-refractivity contribution in [1.82, 2.24) is 5.32 Å². The molecule has 1 aromatic rings. The standard InChI is InChI=1S/C18H29N3O2/c1-4-23-14-18(22)19-13-17(16-7-5-15(2)6-8-16)21-11-9-20(3)10-12-21/h5-8,17H,4,9-14H2,1-3H3,(H,19,22)/p+2/t17-/m0/s1. The van der Waals surface area contributed by atoms with Crippen LogP contribution in [0.1, 0.15) is 24.1 Å². The van der Waals surface area contributed by atoms with Crippen molar-refractivity contribution in [3.05, 3.63) is 35.4 Å². The summed E-state index contributed by atoms with van der Waals surface area (Å²) in [6.07, 6.45) is 0. The monoisotopic (exact) mass is 321 g/mol. The molecule has 2 rings (SSSR count). The molecule has 0 unspecified atom stereocenters. The van der Waals surface area contributed by atoms with Crippen LogP contribution in [-0.2, 0) is 9.53 Å². The summed E-state index contributed by atoms with van der Waals surface area (Å²) in [5.41, 5.74) is 2.58. The van der Waals surface area contributed by atoms with Gasteiger partial charge in [-0.05, 0) is 13.8 Å². The van der Waals surface area contributed by atoms with Gasteiger partial charge in [-0.3, -0.25) is 4.79 Å². The largest absolute Gasteiger partial charge is 0.372 e. The lowest BCUT2D eigenvalue weighted by Crippen LogP contribution is -3.27. The lowest BCUT2D eigenvalue weighted by atomic mass is 10.0. The van der Waals surface area contributed by atoms with Crippen molar-refractivity contribution < 1.29 is 19.3 Å². The summed E-state index contributed by atoms with van der Waals surface area (Å²) in [6, 6.07) is 9.03. The van der Waals surface area contributed by atoms with Crippen LogP contribution in [0.2, 0.25) is 0 Å². The van der Waals surface area contributed by atoms with E-state index in [1.807, 2.05) is 6.92 Å². The first-order valence-corrected chi connectivity index (χ1v) is 8.67. The fourth-order valence-corrected chi connectivity index (χ4v) is 3.10. The lowest BCUT2D eigenvalue weighted by Gasteiger charge is -2.33. The van der Waals surface area contributed by atoms with E-state index >= 15 is 0 Å². The third-order valence-corrected chi connectivity index (χ3v) is 4.66. The second-order valence-electron chi connectivity index (χ2n) is 6.52. The average Bonchev–Trinajstić information content (AvgIpc) is 2.56. The number of nitrogens with one attached hydrogen (secondary N) is 3. The van der Waals surface area contributed by atoms with Crippen LogP contribution in [-0.4, -0.2) is 58.9 Å². The average molecular weight is 321 g/mol. The van der Waals surface area contributed by atoms with Gasteiger partial charge in [0.15, 0.2) is 0 Å². The molecule has 128 valence electrons. The van der Waals surface area contributed by atoms with Gasteiger partial charge < -0.3 is 19.9 Å². The number of benzene rings is 1. The molecule has 0 radical (unpaired) electrons. The van der Waals surface area contributed by atoms with Gasteiger partial charge in [0.25, 0.3) is 0 Å². The quantitative estimate of drug-likeness (QED) is 0.579. The minimum absolute atomic E-state index is 0.0249. The number of piperazine rings is 1. The molecule has 5 heteroatoms. The predicted octanol–water partition coefficient (Wildman–Crippen LogP) is -1.40. The van der Waals surface area contributed by atoms with Gasteiger partial charge >= 0.3 is 0 Å². The number of hydrogen-bond acceptors (Lipinski definition) is 2. The molecule has 1 aliphatic heterocycles. The number of aryl methyl sites for hydroxylation is 1. The summed E-state index contributed by atoms with van der Waals surface area (Å²) in [6.45, 7) is 10.1. The number of amides is 1. The molecule has 1 heterocycles. The van der Waals surface area contributed by atoms with Crippen molar-refractivity contribution in [3.8, 4) is 0 Å². The molecule has 3 N–H and O–H groups in total. The molecule has 1 aliphatic rings. The normalized spacial score (nSPS) is 22.6. The second-order valence-corrected chi connectivity index (χ2v) is 6.52. The van der Waals surface area contributed by atoms with E-state index in [9.17, 15) is 4.79 Å². The Labute approximate surface area is 139 Å². The fourth-order valence-electron chi connectivity index (χ4n) is 3.10. The zero-order chi connectivity index (χ0) is 16.7. The Morgan fingerprint density at radius 3 is 2.48 bits per heavy atom. The number of hydrogen-bond donors (Lipinski definition) is 3. The maximum absolute atomic E-state index is 11.9. The fraction of sp³-hybridized carbons (Fsp3) is 0.611. The summed E-state index contributed by atoms with van der Waals surface area (Å²) in [4.78, 5) is 15.0. The van der Waals surface area contributed by atoms with Gasteiger partial charge in [-0.15, -0.1) is 0 Å². The number of quaternary nitrogens is 2. The molecular weight excluding hydrogens is 290 g/mol. The smallest absolute Gasteiger partial charge is 0.246 e. The zero-order valence-corrected chi connectivity index (χ0v) is 14.7. The van der Waals surface area contributed by atoms with Gasteiger partial charge in [0.2, 0.25) is 5.91 Å². The van der Waals surface area contributed by atoms with E-state index < -0.39 is 0 Å². The Morgan fingerprint density at radius 2 is 1.87 bits per heavy atom. The third-order valence-electron chi connectivity index (χ3n) is 4.66. The molecule has 0 aliphatic carbocycles. The molecule has 0 aromatic heterocycles. The van der Waals surface area contributed by atoms with E-state index in [0.717, 1.165) is 13.1 Å². The van der Waals surface area contributed by atoms with Crippen LogP contribution in [0.4, 0.5) is 0 Å². The van der Waals surface area contributed by atoms with Gasteiger partial charge in [-0.2, -0.15) is 0 Å². The highest BCUT2D eigenvalue weighted by molar-refractivity contribution is 5.77. The minimum Gasteiger partial charge on any atom is -0.372 e. The summed E-state index contributed by atoms with van der Waals surface area (Å²) in [7, 11) is 2.25. The molecule has 23 heavy (non-hydrogen) atoms. The molecule has 1 atom stereocenters. The first kappa shape index (κ1) is 17.9. The maximum atomic E-state index is 11.9. The summed E-state index contributed by atoms with van der Waals surface area (Å²) in [5, 5.41) is 3.05. The van der Waals surface area contributed by atoms with Crippen molar-refractivity contribution in [2.75, 3.05) is 53.0 Å². The summed E-state index contributed by atoms with van der Waals surface area (Å²) >= 11 is 0. The highest BCUT2D eigenvalue weighted by Crippen LogP contribution is 2.10. The second kappa shape index (κ2) is 9.01. The van der Waals surface area contributed by atoms with E-state index in [1.165, 1.54) is 24.2 Å². The highest BCUT2D eigenvalue weighted by atomic mass is 16.5. The van der Waals surface area contributed by atoms with Crippen molar-refractivity contribution >= 4 is 5.91 Å². The number of ether oxygens (including phenoxy) is 1. The maximum Gasteiger partial charge on any atom is 0.246 e. The van der Waals surface area contributed by atoms with Crippen molar-refractivity contribution in [2.45, 2.75) is 19.9 Å².